The molecule has 1 aromatic heterocycles. The van der Waals surface area contributed by atoms with Crippen LogP contribution in [0.3, 0.4) is 0 Å². The van der Waals surface area contributed by atoms with Crippen molar-refractivity contribution in [2.75, 3.05) is 7.11 Å². The van der Waals surface area contributed by atoms with E-state index in [1.807, 2.05) is 0 Å². The summed E-state index contributed by atoms with van der Waals surface area (Å²) in [5, 5.41) is 11.0. The van der Waals surface area contributed by atoms with Crippen molar-refractivity contribution in [1.29, 1.82) is 0 Å². The Kier molecular flexibility index (Phi) is 2.88. The Morgan fingerprint density at radius 1 is 1.19 bits per heavy atom. The summed E-state index contributed by atoms with van der Waals surface area (Å²) in [5.41, 5.74) is 1.97. The molecule has 0 spiro atoms. The number of benzene rings is 1. The molecule has 0 aliphatic heterocycles. The van der Waals surface area contributed by atoms with Gasteiger partial charge in [0.15, 0.2) is 17.3 Å². The minimum atomic E-state index is -1.18. The third kappa shape index (κ3) is 1.53. The molecule has 1 N–H and O–H groups in total. The Morgan fingerprint density at radius 3 is 2.69 bits per heavy atom. The summed E-state index contributed by atoms with van der Waals surface area (Å²) >= 11 is 0. The van der Waals surface area contributed by atoms with Gasteiger partial charge < -0.3 is 14.3 Å². The van der Waals surface area contributed by atoms with Gasteiger partial charge in [0, 0.05) is 30.2 Å². The van der Waals surface area contributed by atoms with Crippen LogP contribution < -0.4 is 0 Å². The molecule has 3 atom stereocenters. The molecule has 26 heavy (non-hydrogen) atoms. The number of fused-ring (bicyclic) bond motifs is 4. The zero-order valence-corrected chi connectivity index (χ0v) is 14.3. The number of Topliss-reactive ketones (excluding diaryl/α,β-unsaturated/α-hetero) is 2. The molecule has 1 aromatic carbocycles. The van der Waals surface area contributed by atoms with Crippen molar-refractivity contribution in [3.63, 3.8) is 0 Å². The first kappa shape index (κ1) is 15.7. The van der Waals surface area contributed by atoms with Gasteiger partial charge in [-0.05, 0) is 24.5 Å². The lowest BCUT2D eigenvalue weighted by Crippen LogP contribution is -2.56. The number of carbonyl (C=O) groups excluding carboxylic acids is 3. The number of hydrogen-bond acceptors (Lipinski definition) is 6. The van der Waals surface area contributed by atoms with Crippen LogP contribution in [0.2, 0.25) is 0 Å². The van der Waals surface area contributed by atoms with Crippen molar-refractivity contribution in [2.24, 2.45) is 0 Å². The monoisotopic (exact) mass is 352 g/mol. The van der Waals surface area contributed by atoms with Crippen LogP contribution in [0.4, 0.5) is 0 Å². The van der Waals surface area contributed by atoms with E-state index in [-0.39, 0.29) is 22.9 Å². The normalized spacial score (nSPS) is 28.8. The van der Waals surface area contributed by atoms with Crippen LogP contribution in [-0.4, -0.2) is 41.8 Å². The van der Waals surface area contributed by atoms with Crippen molar-refractivity contribution in [1.82, 2.24) is 0 Å². The Hall–Kier alpha value is -2.57. The maximum absolute atomic E-state index is 13.2. The SMILES string of the molecule is CO[C@H]1C(=O)c2coc3c2[C@](C)(c2ccc4c(c2C3=O)CCC4=O)[C@H]1O. The Bertz CT molecular complexity index is 1030. The van der Waals surface area contributed by atoms with E-state index in [9.17, 15) is 19.5 Å². The van der Waals surface area contributed by atoms with E-state index in [1.54, 1.807) is 19.1 Å². The number of aliphatic hydroxyl groups is 1. The van der Waals surface area contributed by atoms with Crippen LogP contribution in [0.15, 0.2) is 22.8 Å². The molecule has 3 aliphatic rings. The predicted octanol–water partition coefficient (Wildman–Crippen LogP) is 1.83. The van der Waals surface area contributed by atoms with Gasteiger partial charge in [0.25, 0.3) is 0 Å². The molecule has 5 rings (SSSR count). The zero-order valence-electron chi connectivity index (χ0n) is 14.3. The highest BCUT2D eigenvalue weighted by molar-refractivity contribution is 6.18. The second kappa shape index (κ2) is 4.78. The predicted molar refractivity (Wildman–Crippen MR) is 88.8 cm³/mol. The number of aliphatic hydroxyl groups excluding tert-OH is 1. The zero-order chi connectivity index (χ0) is 18.4. The fourth-order valence-corrected chi connectivity index (χ4v) is 4.85. The number of rotatable bonds is 1. The van der Waals surface area contributed by atoms with E-state index in [2.05, 4.69) is 0 Å². The van der Waals surface area contributed by atoms with Crippen LogP contribution in [0.1, 0.15) is 66.9 Å². The summed E-state index contributed by atoms with van der Waals surface area (Å²) in [6.07, 6.45) is -0.0867. The van der Waals surface area contributed by atoms with Crippen LogP contribution in [0.25, 0.3) is 0 Å². The standard InChI is InChI=1S/C20H16O6/c1-20-11-5-3-8-9(4-6-12(8)21)13(11)16(23)17-14(20)10(7-26-17)15(22)18(25-2)19(20)24/h3,5,7,18-19,24H,4,6H2,1-2H3/t18-,19-,20-/m0/s1. The molecule has 0 saturated carbocycles. The van der Waals surface area contributed by atoms with Gasteiger partial charge >= 0.3 is 0 Å². The van der Waals surface area contributed by atoms with E-state index < -0.39 is 23.4 Å². The van der Waals surface area contributed by atoms with Crippen molar-refractivity contribution >= 4 is 17.3 Å². The first-order valence-corrected chi connectivity index (χ1v) is 8.52. The van der Waals surface area contributed by atoms with E-state index in [1.165, 1.54) is 13.4 Å². The van der Waals surface area contributed by atoms with Gasteiger partial charge in [0.2, 0.25) is 5.78 Å². The maximum Gasteiger partial charge on any atom is 0.229 e. The summed E-state index contributed by atoms with van der Waals surface area (Å²) in [6, 6.07) is 3.44. The largest absolute Gasteiger partial charge is 0.460 e. The highest BCUT2D eigenvalue weighted by Crippen LogP contribution is 2.51. The molecular weight excluding hydrogens is 336 g/mol. The second-order valence-electron chi connectivity index (χ2n) is 7.29. The lowest BCUT2D eigenvalue weighted by Gasteiger charge is -2.44. The number of ether oxygens (including phenoxy) is 1. The first-order valence-electron chi connectivity index (χ1n) is 8.52. The van der Waals surface area contributed by atoms with Crippen LogP contribution in [0.5, 0.6) is 0 Å². The molecule has 1 heterocycles. The van der Waals surface area contributed by atoms with E-state index in [0.29, 0.717) is 40.7 Å². The quantitative estimate of drug-likeness (QED) is 0.842. The molecule has 0 saturated heterocycles. The lowest BCUT2D eigenvalue weighted by atomic mass is 9.59. The maximum atomic E-state index is 13.2. The molecule has 6 heteroatoms. The van der Waals surface area contributed by atoms with E-state index in [0.717, 1.165) is 0 Å². The van der Waals surface area contributed by atoms with Gasteiger partial charge in [-0.1, -0.05) is 12.1 Å². The molecule has 0 unspecified atom stereocenters. The van der Waals surface area contributed by atoms with E-state index in [4.69, 9.17) is 9.15 Å². The average molecular weight is 352 g/mol. The number of hydrogen-bond donors (Lipinski definition) is 1. The highest BCUT2D eigenvalue weighted by atomic mass is 16.5. The van der Waals surface area contributed by atoms with Gasteiger partial charge in [-0.2, -0.15) is 0 Å². The minimum Gasteiger partial charge on any atom is -0.460 e. The molecular formula is C20H16O6. The fraction of sp³-hybridized carbons (Fsp3) is 0.350. The summed E-state index contributed by atoms with van der Waals surface area (Å²) < 4.78 is 10.8. The minimum absolute atomic E-state index is 0.0147. The molecule has 0 amide bonds. The Labute approximate surface area is 148 Å². The summed E-state index contributed by atoms with van der Waals surface area (Å²) in [5.74, 6) is -0.637. The summed E-state index contributed by atoms with van der Waals surface area (Å²) in [7, 11) is 1.37. The van der Waals surface area contributed by atoms with Crippen molar-refractivity contribution < 1.29 is 28.6 Å². The third-order valence-corrected chi connectivity index (χ3v) is 6.17. The lowest BCUT2D eigenvalue weighted by molar-refractivity contribution is -0.0319. The smallest absolute Gasteiger partial charge is 0.229 e. The van der Waals surface area contributed by atoms with Gasteiger partial charge in [-0.3, -0.25) is 14.4 Å². The molecule has 132 valence electrons. The molecule has 0 bridgehead atoms. The van der Waals surface area contributed by atoms with Crippen LogP contribution in [0, 0.1) is 0 Å². The molecule has 0 radical (unpaired) electrons. The summed E-state index contributed by atoms with van der Waals surface area (Å²) in [4.78, 5) is 37.9. The number of furan rings is 1. The van der Waals surface area contributed by atoms with Crippen molar-refractivity contribution in [2.45, 2.75) is 37.4 Å². The van der Waals surface area contributed by atoms with Gasteiger partial charge in [0.05, 0.1) is 11.0 Å². The number of ketones is 3. The Balaban J connectivity index is 1.88. The highest BCUT2D eigenvalue weighted by Gasteiger charge is 2.57. The third-order valence-electron chi connectivity index (χ3n) is 6.17. The van der Waals surface area contributed by atoms with Gasteiger partial charge in [0.1, 0.15) is 18.5 Å². The molecule has 6 nitrogen and oxygen atoms in total. The van der Waals surface area contributed by atoms with Gasteiger partial charge in [-0.15, -0.1) is 0 Å². The Morgan fingerprint density at radius 2 is 1.96 bits per heavy atom. The second-order valence-corrected chi connectivity index (χ2v) is 7.29. The van der Waals surface area contributed by atoms with Crippen LogP contribution >= 0.6 is 0 Å². The number of methoxy groups -OCH3 is 1. The molecule has 0 fully saturated rings. The first-order chi connectivity index (χ1) is 12.4. The summed E-state index contributed by atoms with van der Waals surface area (Å²) in [6.45, 7) is 1.79. The molecule has 2 aromatic rings. The van der Waals surface area contributed by atoms with Crippen molar-refractivity contribution in [3.8, 4) is 0 Å². The van der Waals surface area contributed by atoms with E-state index >= 15 is 0 Å². The number of carbonyl (C=O) groups is 3. The molecule has 3 aliphatic carbocycles. The van der Waals surface area contributed by atoms with Crippen molar-refractivity contribution in [3.05, 3.63) is 57.5 Å². The topological polar surface area (TPSA) is 93.8 Å². The van der Waals surface area contributed by atoms with Gasteiger partial charge in [-0.25, -0.2) is 0 Å². The van der Waals surface area contributed by atoms with Crippen LogP contribution in [-0.2, 0) is 16.6 Å². The average Bonchev–Trinajstić information content (AvgIpc) is 3.23. The fourth-order valence-electron chi connectivity index (χ4n) is 4.85.